The van der Waals surface area contributed by atoms with E-state index in [0.717, 1.165) is 17.9 Å². The molecule has 6 nitrogen and oxygen atoms in total. The first kappa shape index (κ1) is 15.9. The summed E-state index contributed by atoms with van der Waals surface area (Å²) in [4.78, 5) is 4.69. The Balaban J connectivity index is 1.73. The van der Waals surface area contributed by atoms with Gasteiger partial charge in [-0.3, -0.25) is 0 Å². The number of guanidine groups is 1. The Morgan fingerprint density at radius 1 is 1.26 bits per heavy atom. The van der Waals surface area contributed by atoms with Crippen molar-refractivity contribution < 1.29 is 14.2 Å². The van der Waals surface area contributed by atoms with Crippen molar-refractivity contribution in [2.45, 2.75) is 37.8 Å². The van der Waals surface area contributed by atoms with Crippen LogP contribution >= 0.6 is 0 Å². The van der Waals surface area contributed by atoms with Gasteiger partial charge in [-0.15, -0.1) is 0 Å². The molecule has 3 N–H and O–H groups in total. The van der Waals surface area contributed by atoms with Gasteiger partial charge in [-0.05, 0) is 31.4 Å². The van der Waals surface area contributed by atoms with Crippen LogP contribution in [0, 0.1) is 5.41 Å². The van der Waals surface area contributed by atoms with Crippen molar-refractivity contribution in [3.05, 3.63) is 18.2 Å². The molecule has 6 heteroatoms. The van der Waals surface area contributed by atoms with E-state index in [4.69, 9.17) is 19.9 Å². The van der Waals surface area contributed by atoms with E-state index in [1.165, 1.54) is 19.3 Å². The van der Waals surface area contributed by atoms with Crippen LogP contribution in [-0.4, -0.2) is 39.4 Å². The predicted molar refractivity (Wildman–Crippen MR) is 90.3 cm³/mol. The topological polar surface area (TPSA) is 78.1 Å². The Morgan fingerprint density at radius 2 is 2.04 bits per heavy atom. The lowest BCUT2D eigenvalue weighted by atomic mass is 9.51. The maximum atomic E-state index is 6.12. The molecule has 0 amide bonds. The second kappa shape index (κ2) is 6.28. The molecule has 1 aromatic carbocycles. The Kier molecular flexibility index (Phi) is 4.35. The first-order valence-corrected chi connectivity index (χ1v) is 7.98. The van der Waals surface area contributed by atoms with Crippen LogP contribution in [0.4, 0.5) is 5.69 Å². The van der Waals surface area contributed by atoms with Gasteiger partial charge in [-0.1, -0.05) is 6.42 Å². The summed E-state index contributed by atoms with van der Waals surface area (Å²) in [5.74, 6) is 1.84. The standard InChI is InChI=1S/C17H25N3O3/c1-21-11-5-6-13(22-2)12(9-11)19-16(18)20-14-10-15(23-3)17(14)7-4-8-17/h5-6,9,14-15H,4,7-8,10H2,1-3H3,(H3,18,19,20). The molecule has 1 spiro atoms. The van der Waals surface area contributed by atoms with E-state index in [9.17, 15) is 0 Å². The number of methoxy groups -OCH3 is 3. The molecule has 126 valence electrons. The monoisotopic (exact) mass is 319 g/mol. The molecule has 0 aromatic heterocycles. The molecule has 2 fully saturated rings. The Bertz CT molecular complexity index is 599. The number of nitrogens with one attached hydrogen (secondary N) is 1. The predicted octanol–water partition coefficient (Wildman–Crippen LogP) is 2.39. The fourth-order valence-corrected chi connectivity index (χ4v) is 3.73. The fraction of sp³-hybridized carbons (Fsp3) is 0.588. The largest absolute Gasteiger partial charge is 0.497 e. The minimum atomic E-state index is 0.208. The summed E-state index contributed by atoms with van der Waals surface area (Å²) < 4.78 is 16.2. The van der Waals surface area contributed by atoms with Crippen LogP contribution in [0.2, 0.25) is 0 Å². The maximum Gasteiger partial charge on any atom is 0.193 e. The van der Waals surface area contributed by atoms with Gasteiger partial charge >= 0.3 is 0 Å². The van der Waals surface area contributed by atoms with Gasteiger partial charge < -0.3 is 25.3 Å². The molecule has 0 bridgehead atoms. The highest BCUT2D eigenvalue weighted by Gasteiger charge is 2.58. The van der Waals surface area contributed by atoms with Crippen molar-refractivity contribution in [2.24, 2.45) is 16.1 Å². The number of hydrogen-bond acceptors (Lipinski definition) is 4. The van der Waals surface area contributed by atoms with Gasteiger partial charge in [0, 0.05) is 18.6 Å². The van der Waals surface area contributed by atoms with Gasteiger partial charge in [0.05, 0.1) is 32.1 Å². The highest BCUT2D eigenvalue weighted by atomic mass is 16.5. The van der Waals surface area contributed by atoms with Gasteiger partial charge in [0.25, 0.3) is 0 Å². The van der Waals surface area contributed by atoms with E-state index < -0.39 is 0 Å². The second-order valence-electron chi connectivity index (χ2n) is 6.27. The smallest absolute Gasteiger partial charge is 0.193 e. The van der Waals surface area contributed by atoms with Crippen LogP contribution in [0.25, 0.3) is 0 Å². The zero-order chi connectivity index (χ0) is 16.4. The van der Waals surface area contributed by atoms with E-state index in [1.807, 2.05) is 18.2 Å². The normalized spacial score (nSPS) is 25.4. The molecule has 2 atom stereocenters. The van der Waals surface area contributed by atoms with E-state index in [0.29, 0.717) is 17.8 Å². The average molecular weight is 319 g/mol. The lowest BCUT2D eigenvalue weighted by Gasteiger charge is -2.59. The lowest BCUT2D eigenvalue weighted by molar-refractivity contribution is -0.150. The summed E-state index contributed by atoms with van der Waals surface area (Å²) in [5, 5.41) is 3.14. The van der Waals surface area contributed by atoms with Gasteiger partial charge in [0.15, 0.2) is 5.96 Å². The molecule has 0 aliphatic heterocycles. The summed E-state index contributed by atoms with van der Waals surface area (Å²) in [6, 6.07) is 5.77. The van der Waals surface area contributed by atoms with E-state index in [1.54, 1.807) is 21.3 Å². The van der Waals surface area contributed by atoms with Crippen LogP contribution < -0.4 is 20.5 Å². The molecule has 2 aliphatic carbocycles. The third-order valence-corrected chi connectivity index (χ3v) is 5.28. The first-order chi connectivity index (χ1) is 11.1. The number of anilines is 1. The average Bonchev–Trinajstić information content (AvgIpc) is 2.49. The molecular weight excluding hydrogens is 294 g/mol. The Hall–Kier alpha value is -1.95. The van der Waals surface area contributed by atoms with Gasteiger partial charge in [0.2, 0.25) is 0 Å². The van der Waals surface area contributed by atoms with E-state index >= 15 is 0 Å². The molecule has 2 aliphatic rings. The van der Waals surface area contributed by atoms with Crippen LogP contribution in [0.3, 0.4) is 0 Å². The van der Waals surface area contributed by atoms with Crippen LogP contribution in [0.15, 0.2) is 23.2 Å². The highest BCUT2D eigenvalue weighted by Crippen LogP contribution is 2.58. The molecule has 0 radical (unpaired) electrons. The number of nitrogens with zero attached hydrogens (tertiary/aromatic N) is 1. The Labute approximate surface area is 137 Å². The van der Waals surface area contributed by atoms with Crippen molar-refractivity contribution in [3.63, 3.8) is 0 Å². The number of aliphatic imine (C=N–C) groups is 1. The summed E-state index contributed by atoms with van der Waals surface area (Å²) in [6.45, 7) is 0. The molecule has 0 heterocycles. The van der Waals surface area contributed by atoms with Crippen molar-refractivity contribution >= 4 is 11.6 Å². The van der Waals surface area contributed by atoms with Crippen LogP contribution in [0.1, 0.15) is 25.7 Å². The Morgan fingerprint density at radius 3 is 2.61 bits per heavy atom. The highest BCUT2D eigenvalue weighted by molar-refractivity contribution is 5.94. The molecule has 2 saturated carbocycles. The third-order valence-electron chi connectivity index (χ3n) is 5.28. The van der Waals surface area contributed by atoms with E-state index in [-0.39, 0.29) is 11.5 Å². The quantitative estimate of drug-likeness (QED) is 0.643. The SMILES string of the molecule is COc1ccc(OC)c(NC(N)=NC2CC(OC)C23CCC3)c1. The summed E-state index contributed by atoms with van der Waals surface area (Å²) in [6.07, 6.45) is 4.87. The molecular formula is C17H25N3O3. The molecule has 23 heavy (non-hydrogen) atoms. The summed E-state index contributed by atoms with van der Waals surface area (Å²) >= 11 is 0. The first-order valence-electron chi connectivity index (χ1n) is 7.98. The molecule has 0 saturated heterocycles. The summed E-state index contributed by atoms with van der Waals surface area (Å²) in [7, 11) is 5.04. The molecule has 2 unspecified atom stereocenters. The number of benzene rings is 1. The number of hydrogen-bond donors (Lipinski definition) is 2. The number of ether oxygens (including phenoxy) is 3. The van der Waals surface area contributed by atoms with Gasteiger partial charge in [0.1, 0.15) is 11.5 Å². The zero-order valence-corrected chi connectivity index (χ0v) is 14.0. The summed E-state index contributed by atoms with van der Waals surface area (Å²) in [5.41, 5.74) is 7.08. The lowest BCUT2D eigenvalue weighted by Crippen LogP contribution is -2.61. The third kappa shape index (κ3) is 2.72. The fourth-order valence-electron chi connectivity index (χ4n) is 3.73. The van der Waals surface area contributed by atoms with Gasteiger partial charge in [-0.2, -0.15) is 0 Å². The molecule has 1 aromatic rings. The van der Waals surface area contributed by atoms with Crippen LogP contribution in [0.5, 0.6) is 11.5 Å². The minimum absolute atomic E-state index is 0.208. The molecule has 3 rings (SSSR count). The van der Waals surface area contributed by atoms with Crippen molar-refractivity contribution in [1.29, 1.82) is 0 Å². The number of nitrogens with two attached hydrogens (primary N) is 1. The second-order valence-corrected chi connectivity index (χ2v) is 6.27. The van der Waals surface area contributed by atoms with Crippen molar-refractivity contribution in [2.75, 3.05) is 26.6 Å². The van der Waals surface area contributed by atoms with E-state index in [2.05, 4.69) is 10.3 Å². The van der Waals surface area contributed by atoms with Crippen molar-refractivity contribution in [1.82, 2.24) is 0 Å². The van der Waals surface area contributed by atoms with Gasteiger partial charge in [-0.25, -0.2) is 4.99 Å². The maximum absolute atomic E-state index is 6.12. The number of rotatable bonds is 5. The van der Waals surface area contributed by atoms with Crippen LogP contribution in [-0.2, 0) is 4.74 Å². The van der Waals surface area contributed by atoms with Crippen molar-refractivity contribution in [3.8, 4) is 11.5 Å². The minimum Gasteiger partial charge on any atom is -0.497 e. The zero-order valence-electron chi connectivity index (χ0n) is 14.0.